The Morgan fingerprint density at radius 3 is 2.50 bits per heavy atom. The van der Waals surface area contributed by atoms with Crippen LogP contribution < -0.4 is 4.72 Å². The van der Waals surface area contributed by atoms with Crippen molar-refractivity contribution in [2.75, 3.05) is 4.72 Å². The minimum Gasteiger partial charge on any atom is -0.263 e. The first-order chi connectivity index (χ1) is 9.29. The van der Waals surface area contributed by atoms with Crippen LogP contribution in [-0.4, -0.2) is 13.4 Å². The van der Waals surface area contributed by atoms with Gasteiger partial charge < -0.3 is 0 Å². The molecule has 0 atom stereocenters. The Hall–Kier alpha value is -1.11. The molecule has 106 valence electrons. The molecule has 0 unspecified atom stereocenters. The maximum Gasteiger partial charge on any atom is 0.263 e. The van der Waals surface area contributed by atoms with E-state index in [4.69, 9.17) is 11.6 Å². The van der Waals surface area contributed by atoms with Gasteiger partial charge in [0.2, 0.25) is 0 Å². The first-order valence-corrected chi connectivity index (χ1v) is 8.36. The van der Waals surface area contributed by atoms with Crippen LogP contribution in [0.15, 0.2) is 39.8 Å². The number of nitrogens with zero attached hydrogens (tertiary/aromatic N) is 1. The van der Waals surface area contributed by atoms with E-state index < -0.39 is 10.0 Å². The maximum absolute atomic E-state index is 12.4. The zero-order valence-electron chi connectivity index (χ0n) is 10.8. The molecule has 20 heavy (non-hydrogen) atoms. The summed E-state index contributed by atoms with van der Waals surface area (Å²) in [5.74, 6) is 0.227. The molecule has 0 aliphatic heterocycles. The monoisotopic (exact) mass is 374 g/mol. The molecule has 0 spiro atoms. The minimum atomic E-state index is -3.68. The van der Waals surface area contributed by atoms with Crippen LogP contribution in [0.4, 0.5) is 5.82 Å². The van der Waals surface area contributed by atoms with E-state index >= 15 is 0 Å². The number of sulfonamides is 1. The summed E-state index contributed by atoms with van der Waals surface area (Å²) in [4.78, 5) is 4.14. The highest BCUT2D eigenvalue weighted by molar-refractivity contribution is 9.10. The molecule has 7 heteroatoms. The van der Waals surface area contributed by atoms with Crippen LogP contribution in [0.3, 0.4) is 0 Å². The second-order valence-electron chi connectivity index (χ2n) is 4.33. The average Bonchev–Trinajstić information content (AvgIpc) is 2.36. The highest BCUT2D eigenvalue weighted by Crippen LogP contribution is 2.25. The largest absolute Gasteiger partial charge is 0.263 e. The molecule has 4 nitrogen and oxygen atoms in total. The molecule has 2 aromatic rings. The number of nitrogens with one attached hydrogen (secondary N) is 1. The van der Waals surface area contributed by atoms with Gasteiger partial charge in [0.15, 0.2) is 0 Å². The number of pyridine rings is 1. The third-order valence-corrected chi connectivity index (χ3v) is 5.29. The third-order valence-electron chi connectivity index (χ3n) is 2.71. The summed E-state index contributed by atoms with van der Waals surface area (Å²) in [7, 11) is -3.68. The predicted octanol–water partition coefficient (Wildman–Crippen LogP) is 3.92. The number of anilines is 1. The van der Waals surface area contributed by atoms with E-state index in [9.17, 15) is 8.42 Å². The van der Waals surface area contributed by atoms with Gasteiger partial charge in [0.1, 0.15) is 5.82 Å². The van der Waals surface area contributed by atoms with Crippen molar-refractivity contribution in [3.05, 3.63) is 51.1 Å². The number of hydrogen-bond acceptors (Lipinski definition) is 3. The molecule has 1 aromatic heterocycles. The zero-order valence-corrected chi connectivity index (χ0v) is 14.0. The van der Waals surface area contributed by atoms with Gasteiger partial charge in [-0.25, -0.2) is 13.4 Å². The number of hydrogen-bond donors (Lipinski definition) is 1. The quantitative estimate of drug-likeness (QED) is 0.884. The van der Waals surface area contributed by atoms with Crippen LogP contribution >= 0.6 is 27.5 Å². The summed E-state index contributed by atoms with van der Waals surface area (Å²) < 4.78 is 27.9. The topological polar surface area (TPSA) is 59.1 Å². The normalized spacial score (nSPS) is 11.4. The fraction of sp³-hybridized carbons (Fsp3) is 0.154. The van der Waals surface area contributed by atoms with Crippen LogP contribution in [0.2, 0.25) is 5.02 Å². The van der Waals surface area contributed by atoms with E-state index in [2.05, 4.69) is 25.6 Å². The van der Waals surface area contributed by atoms with Gasteiger partial charge in [-0.05, 0) is 43.2 Å². The van der Waals surface area contributed by atoms with Crippen molar-refractivity contribution in [1.29, 1.82) is 0 Å². The van der Waals surface area contributed by atoms with Crippen molar-refractivity contribution in [2.24, 2.45) is 0 Å². The van der Waals surface area contributed by atoms with Crippen molar-refractivity contribution in [1.82, 2.24) is 4.98 Å². The number of halogens is 2. The van der Waals surface area contributed by atoms with Gasteiger partial charge >= 0.3 is 0 Å². The number of benzene rings is 1. The molecule has 0 bridgehead atoms. The van der Waals surface area contributed by atoms with Gasteiger partial charge in [0, 0.05) is 10.7 Å². The predicted molar refractivity (Wildman–Crippen MR) is 83.7 cm³/mol. The van der Waals surface area contributed by atoms with Gasteiger partial charge in [0.25, 0.3) is 10.0 Å². The zero-order chi connectivity index (χ0) is 14.9. The standard InChI is InChI=1S/C13H12BrClN2O2S/c1-8-5-9(2)12(6-11(8)14)20(18,19)17-13-4-3-10(15)7-16-13/h3-7H,1-2H3,(H,16,17). The first-order valence-electron chi connectivity index (χ1n) is 5.71. The molecule has 0 fully saturated rings. The van der Waals surface area contributed by atoms with Crippen molar-refractivity contribution < 1.29 is 8.42 Å². The summed E-state index contributed by atoms with van der Waals surface area (Å²) in [6, 6.07) is 6.49. The summed E-state index contributed by atoms with van der Waals surface area (Å²) in [5.41, 5.74) is 1.65. The van der Waals surface area contributed by atoms with Crippen molar-refractivity contribution in [3.63, 3.8) is 0 Å². The lowest BCUT2D eigenvalue weighted by Crippen LogP contribution is -2.15. The molecule has 0 saturated carbocycles. The van der Waals surface area contributed by atoms with Gasteiger partial charge in [-0.2, -0.15) is 0 Å². The average molecular weight is 376 g/mol. The molecule has 1 aromatic carbocycles. The van der Waals surface area contributed by atoms with Gasteiger partial charge in [0.05, 0.1) is 9.92 Å². The summed E-state index contributed by atoms with van der Waals surface area (Å²) in [5, 5.41) is 0.446. The van der Waals surface area contributed by atoms with Crippen molar-refractivity contribution >= 4 is 43.4 Å². The van der Waals surface area contributed by atoms with E-state index in [0.717, 1.165) is 10.0 Å². The number of aryl methyl sites for hydroxylation is 2. The second kappa shape index (κ2) is 5.71. The van der Waals surface area contributed by atoms with E-state index in [1.54, 1.807) is 19.1 Å². The maximum atomic E-state index is 12.4. The lowest BCUT2D eigenvalue weighted by molar-refractivity contribution is 0.600. The molecular formula is C13H12BrClN2O2S. The Bertz CT molecular complexity index is 746. The molecule has 0 aliphatic carbocycles. The van der Waals surface area contributed by atoms with Crippen molar-refractivity contribution in [2.45, 2.75) is 18.7 Å². The second-order valence-corrected chi connectivity index (χ2v) is 7.28. The Morgan fingerprint density at radius 2 is 1.90 bits per heavy atom. The molecule has 0 aliphatic rings. The van der Waals surface area contributed by atoms with Crippen LogP contribution in [0.5, 0.6) is 0 Å². The molecule has 2 rings (SSSR count). The van der Waals surface area contributed by atoms with Gasteiger partial charge in [-0.3, -0.25) is 4.72 Å². The Kier molecular flexibility index (Phi) is 4.36. The molecule has 1 N–H and O–H groups in total. The highest BCUT2D eigenvalue weighted by Gasteiger charge is 2.18. The lowest BCUT2D eigenvalue weighted by Gasteiger charge is -2.11. The van der Waals surface area contributed by atoms with Crippen LogP contribution in [0.1, 0.15) is 11.1 Å². The fourth-order valence-corrected chi connectivity index (χ4v) is 3.59. The van der Waals surface area contributed by atoms with E-state index in [1.165, 1.54) is 12.3 Å². The summed E-state index contributed by atoms with van der Waals surface area (Å²) in [6.07, 6.45) is 1.39. The van der Waals surface area contributed by atoms with E-state index in [1.807, 2.05) is 13.0 Å². The number of aromatic nitrogens is 1. The van der Waals surface area contributed by atoms with Crippen LogP contribution in [0, 0.1) is 13.8 Å². The summed E-state index contributed by atoms with van der Waals surface area (Å²) in [6.45, 7) is 3.66. The number of rotatable bonds is 3. The fourth-order valence-electron chi connectivity index (χ4n) is 1.73. The highest BCUT2D eigenvalue weighted by atomic mass is 79.9. The van der Waals surface area contributed by atoms with Gasteiger partial charge in [-0.1, -0.05) is 33.6 Å². The Labute approximate surface area is 131 Å². The summed E-state index contributed by atoms with van der Waals surface area (Å²) >= 11 is 9.06. The molecule has 0 amide bonds. The minimum absolute atomic E-state index is 0.215. The van der Waals surface area contributed by atoms with E-state index in [0.29, 0.717) is 10.6 Å². The van der Waals surface area contributed by atoms with Gasteiger partial charge in [-0.15, -0.1) is 0 Å². The molecule has 0 saturated heterocycles. The smallest absolute Gasteiger partial charge is 0.263 e. The van der Waals surface area contributed by atoms with E-state index in [-0.39, 0.29) is 10.7 Å². The third kappa shape index (κ3) is 3.31. The lowest BCUT2D eigenvalue weighted by atomic mass is 10.2. The van der Waals surface area contributed by atoms with Crippen molar-refractivity contribution in [3.8, 4) is 0 Å². The Morgan fingerprint density at radius 1 is 1.20 bits per heavy atom. The SMILES string of the molecule is Cc1cc(C)c(S(=O)(=O)Nc2ccc(Cl)cn2)cc1Br. The van der Waals surface area contributed by atoms with Crippen LogP contribution in [-0.2, 0) is 10.0 Å². The molecule has 1 heterocycles. The van der Waals surface area contributed by atoms with Crippen LogP contribution in [0.25, 0.3) is 0 Å². The first kappa shape index (κ1) is 15.3. The molecular weight excluding hydrogens is 364 g/mol. The Balaban J connectivity index is 2.40. The molecule has 0 radical (unpaired) electrons.